The van der Waals surface area contributed by atoms with Crippen LogP contribution in [0.15, 0.2) is 52.0 Å². The van der Waals surface area contributed by atoms with Gasteiger partial charge in [-0.2, -0.15) is 0 Å². The third kappa shape index (κ3) is 4.65. The maximum absolute atomic E-state index is 12.0. The molecule has 0 bridgehead atoms. The predicted octanol–water partition coefficient (Wildman–Crippen LogP) is 3.64. The lowest BCUT2D eigenvalue weighted by molar-refractivity contribution is 0.0903. The lowest BCUT2D eigenvalue weighted by Gasteiger charge is -2.32. The first-order chi connectivity index (χ1) is 11.7. The number of hydrogen-bond donors (Lipinski definition) is 1. The molecule has 1 aliphatic rings. The summed E-state index contributed by atoms with van der Waals surface area (Å²) in [6.07, 6.45) is 5.99. The van der Waals surface area contributed by atoms with Crippen molar-refractivity contribution in [2.24, 2.45) is 5.92 Å². The Labute approximate surface area is 147 Å². The molecule has 1 N–H and O–H groups in total. The zero-order chi connectivity index (χ0) is 16.8. The van der Waals surface area contributed by atoms with Crippen molar-refractivity contribution >= 4 is 17.7 Å². The fraction of sp³-hybridized carbons (Fsp3) is 0.421. The van der Waals surface area contributed by atoms with Crippen molar-refractivity contribution in [1.82, 2.24) is 10.2 Å². The molecule has 1 aromatic carbocycles. The van der Waals surface area contributed by atoms with E-state index in [0.717, 1.165) is 19.6 Å². The van der Waals surface area contributed by atoms with Crippen LogP contribution in [0.3, 0.4) is 0 Å². The van der Waals surface area contributed by atoms with Crippen LogP contribution in [0.5, 0.6) is 0 Å². The Bertz CT molecular complexity index is 657. The number of hydrogen-bond acceptors (Lipinski definition) is 4. The predicted molar refractivity (Wildman–Crippen MR) is 97.3 cm³/mol. The van der Waals surface area contributed by atoms with E-state index in [-0.39, 0.29) is 5.91 Å². The molecule has 1 aromatic heterocycles. The van der Waals surface area contributed by atoms with E-state index >= 15 is 0 Å². The highest BCUT2D eigenvalue weighted by Gasteiger charge is 2.21. The van der Waals surface area contributed by atoms with Gasteiger partial charge in [0.2, 0.25) is 0 Å². The topological polar surface area (TPSA) is 45.5 Å². The molecule has 128 valence electrons. The number of likely N-dealkylation sites (tertiary alicyclic amines) is 1. The van der Waals surface area contributed by atoms with E-state index in [1.165, 1.54) is 29.6 Å². The molecule has 0 saturated carbocycles. The minimum Gasteiger partial charge on any atom is -0.459 e. The summed E-state index contributed by atoms with van der Waals surface area (Å²) in [6, 6.07) is 12.2. The van der Waals surface area contributed by atoms with Gasteiger partial charge < -0.3 is 9.73 Å². The first-order valence-corrected chi connectivity index (χ1v) is 9.64. The Hall–Kier alpha value is -1.72. The minimum atomic E-state index is -0.121. The van der Waals surface area contributed by atoms with Crippen molar-refractivity contribution in [1.29, 1.82) is 0 Å². The van der Waals surface area contributed by atoms with Gasteiger partial charge in [0.15, 0.2) is 5.76 Å². The zero-order valence-corrected chi connectivity index (χ0v) is 14.8. The number of furan rings is 1. The maximum Gasteiger partial charge on any atom is 0.286 e. The third-order valence-corrected chi connectivity index (χ3v) is 5.17. The molecule has 0 aliphatic carbocycles. The number of nitrogens with one attached hydrogen (secondary N) is 1. The average molecular weight is 344 g/mol. The van der Waals surface area contributed by atoms with Crippen molar-refractivity contribution < 1.29 is 9.21 Å². The molecular formula is C19H24N2O2S. The standard InChI is InChI=1S/C19H24N2O2S/c1-24-17-7-2-5-15(11-17)13-21-9-3-6-16(14-21)12-20-19(22)18-8-4-10-23-18/h2,4-5,7-8,10-11,16H,3,6,9,12-14H2,1H3,(H,20,22)/t16-/m0/s1. The smallest absolute Gasteiger partial charge is 0.286 e. The van der Waals surface area contributed by atoms with E-state index in [1.807, 2.05) is 0 Å². The lowest BCUT2D eigenvalue weighted by Crippen LogP contribution is -2.40. The summed E-state index contributed by atoms with van der Waals surface area (Å²) >= 11 is 1.78. The van der Waals surface area contributed by atoms with Crippen LogP contribution in [0, 0.1) is 5.92 Å². The Morgan fingerprint density at radius 3 is 3.08 bits per heavy atom. The largest absolute Gasteiger partial charge is 0.459 e. The summed E-state index contributed by atoms with van der Waals surface area (Å²) in [6.45, 7) is 3.85. The summed E-state index contributed by atoms with van der Waals surface area (Å²) < 4.78 is 5.13. The van der Waals surface area contributed by atoms with Gasteiger partial charge in [0.25, 0.3) is 5.91 Å². The van der Waals surface area contributed by atoms with Crippen molar-refractivity contribution in [2.45, 2.75) is 24.3 Å². The van der Waals surface area contributed by atoms with E-state index in [4.69, 9.17) is 4.42 Å². The van der Waals surface area contributed by atoms with E-state index in [1.54, 1.807) is 23.9 Å². The number of thioether (sulfide) groups is 1. The highest BCUT2D eigenvalue weighted by molar-refractivity contribution is 7.98. The fourth-order valence-corrected chi connectivity index (χ4v) is 3.71. The van der Waals surface area contributed by atoms with E-state index < -0.39 is 0 Å². The second-order valence-electron chi connectivity index (χ2n) is 6.28. The highest BCUT2D eigenvalue weighted by Crippen LogP contribution is 2.21. The van der Waals surface area contributed by atoms with Gasteiger partial charge in [0, 0.05) is 24.5 Å². The van der Waals surface area contributed by atoms with Gasteiger partial charge in [-0.15, -0.1) is 11.8 Å². The molecule has 0 spiro atoms. The minimum absolute atomic E-state index is 0.121. The average Bonchev–Trinajstić information content (AvgIpc) is 3.15. The molecule has 2 heterocycles. The lowest BCUT2D eigenvalue weighted by atomic mass is 9.97. The van der Waals surface area contributed by atoms with E-state index in [2.05, 4.69) is 40.7 Å². The number of rotatable bonds is 6. The monoisotopic (exact) mass is 344 g/mol. The zero-order valence-electron chi connectivity index (χ0n) is 14.0. The van der Waals surface area contributed by atoms with Gasteiger partial charge >= 0.3 is 0 Å². The number of amides is 1. The van der Waals surface area contributed by atoms with Crippen LogP contribution in [-0.2, 0) is 6.54 Å². The molecule has 4 nitrogen and oxygen atoms in total. The molecule has 1 aliphatic heterocycles. The molecule has 24 heavy (non-hydrogen) atoms. The number of carbonyl (C=O) groups excluding carboxylic acids is 1. The number of benzene rings is 1. The van der Waals surface area contributed by atoms with Gasteiger partial charge in [0.1, 0.15) is 0 Å². The Morgan fingerprint density at radius 2 is 2.29 bits per heavy atom. The highest BCUT2D eigenvalue weighted by atomic mass is 32.2. The SMILES string of the molecule is CSc1cccc(CN2CCC[C@@H](CNC(=O)c3ccco3)C2)c1. The molecule has 1 saturated heterocycles. The molecular weight excluding hydrogens is 320 g/mol. The maximum atomic E-state index is 12.0. The molecule has 2 aromatic rings. The Kier molecular flexibility index (Phi) is 5.99. The third-order valence-electron chi connectivity index (χ3n) is 4.44. The van der Waals surface area contributed by atoms with Crippen LogP contribution in [0.25, 0.3) is 0 Å². The molecule has 3 rings (SSSR count). The number of carbonyl (C=O) groups is 1. The summed E-state index contributed by atoms with van der Waals surface area (Å²) in [5.74, 6) is 0.766. The van der Waals surface area contributed by atoms with Crippen LogP contribution < -0.4 is 5.32 Å². The van der Waals surface area contributed by atoms with Crippen LogP contribution >= 0.6 is 11.8 Å². The summed E-state index contributed by atoms with van der Waals surface area (Å²) in [4.78, 5) is 15.8. The van der Waals surface area contributed by atoms with E-state index in [9.17, 15) is 4.79 Å². The van der Waals surface area contributed by atoms with E-state index in [0.29, 0.717) is 18.2 Å². The van der Waals surface area contributed by atoms with Gasteiger partial charge in [-0.05, 0) is 61.4 Å². The summed E-state index contributed by atoms with van der Waals surface area (Å²) in [5, 5.41) is 2.99. The van der Waals surface area contributed by atoms with Crippen LogP contribution in [0.2, 0.25) is 0 Å². The van der Waals surface area contributed by atoms with Gasteiger partial charge in [0.05, 0.1) is 6.26 Å². The Morgan fingerprint density at radius 1 is 1.38 bits per heavy atom. The second kappa shape index (κ2) is 8.40. The fourth-order valence-electron chi connectivity index (χ4n) is 3.22. The van der Waals surface area contributed by atoms with Gasteiger partial charge in [-0.25, -0.2) is 0 Å². The van der Waals surface area contributed by atoms with Crippen molar-refractivity contribution in [3.8, 4) is 0 Å². The van der Waals surface area contributed by atoms with Gasteiger partial charge in [-0.1, -0.05) is 12.1 Å². The molecule has 0 unspecified atom stereocenters. The first-order valence-electron chi connectivity index (χ1n) is 8.41. The van der Waals surface area contributed by atoms with Crippen molar-refractivity contribution in [3.05, 3.63) is 54.0 Å². The van der Waals surface area contributed by atoms with Crippen molar-refractivity contribution in [3.63, 3.8) is 0 Å². The first kappa shape index (κ1) is 17.1. The molecule has 5 heteroatoms. The number of piperidine rings is 1. The molecule has 1 amide bonds. The van der Waals surface area contributed by atoms with Crippen LogP contribution in [0.1, 0.15) is 29.0 Å². The normalized spacial score (nSPS) is 18.5. The van der Waals surface area contributed by atoms with Crippen LogP contribution in [-0.4, -0.2) is 36.7 Å². The number of nitrogens with zero attached hydrogens (tertiary/aromatic N) is 1. The second-order valence-corrected chi connectivity index (χ2v) is 7.16. The quantitative estimate of drug-likeness (QED) is 0.813. The molecule has 1 fully saturated rings. The Balaban J connectivity index is 1.49. The van der Waals surface area contributed by atoms with Gasteiger partial charge in [-0.3, -0.25) is 9.69 Å². The summed E-state index contributed by atoms with van der Waals surface area (Å²) in [5.41, 5.74) is 1.36. The molecule has 1 atom stereocenters. The summed E-state index contributed by atoms with van der Waals surface area (Å²) in [7, 11) is 0. The van der Waals surface area contributed by atoms with Crippen molar-refractivity contribution in [2.75, 3.05) is 25.9 Å². The molecule has 0 radical (unpaired) electrons. The van der Waals surface area contributed by atoms with Crippen LogP contribution in [0.4, 0.5) is 0 Å².